The van der Waals surface area contributed by atoms with E-state index >= 15 is 0 Å². The third-order valence-electron chi connectivity index (χ3n) is 4.35. The Balaban J connectivity index is 1.48. The summed E-state index contributed by atoms with van der Waals surface area (Å²) >= 11 is 0. The topological polar surface area (TPSA) is 75.5 Å². The molecule has 1 aromatic carbocycles. The third kappa shape index (κ3) is 3.10. The second kappa shape index (κ2) is 6.05. The van der Waals surface area contributed by atoms with E-state index in [1.165, 1.54) is 0 Å². The van der Waals surface area contributed by atoms with E-state index in [9.17, 15) is 9.59 Å². The van der Waals surface area contributed by atoms with Gasteiger partial charge < -0.3 is 15.0 Å². The maximum Gasteiger partial charge on any atom is 0.230 e. The first kappa shape index (κ1) is 15.4. The van der Waals surface area contributed by atoms with E-state index in [1.54, 1.807) is 6.07 Å². The summed E-state index contributed by atoms with van der Waals surface area (Å²) in [6, 6.07) is 9.50. The van der Waals surface area contributed by atoms with Gasteiger partial charge in [0.1, 0.15) is 5.65 Å². The lowest BCUT2D eigenvalue weighted by atomic mass is 10.0. The number of imidazole rings is 1. The average molecular weight is 334 g/mol. The van der Waals surface area contributed by atoms with Crippen LogP contribution in [0.1, 0.15) is 23.2 Å². The van der Waals surface area contributed by atoms with Crippen LogP contribution in [0.5, 0.6) is 0 Å². The van der Waals surface area contributed by atoms with Crippen molar-refractivity contribution in [3.05, 3.63) is 59.5 Å². The van der Waals surface area contributed by atoms with Crippen molar-refractivity contribution in [3.63, 3.8) is 0 Å². The lowest BCUT2D eigenvalue weighted by Crippen LogP contribution is -2.20. The Hall–Kier alpha value is -3.15. The van der Waals surface area contributed by atoms with Crippen LogP contribution in [0, 0.1) is 6.92 Å². The van der Waals surface area contributed by atoms with E-state index in [-0.39, 0.29) is 18.2 Å². The van der Waals surface area contributed by atoms with Gasteiger partial charge in [0, 0.05) is 30.2 Å². The fourth-order valence-corrected chi connectivity index (χ4v) is 3.12. The fraction of sp³-hybridized carbons (Fsp3) is 0.211. The monoisotopic (exact) mass is 334 g/mol. The number of anilines is 2. The van der Waals surface area contributed by atoms with E-state index in [4.69, 9.17) is 0 Å². The Bertz CT molecular complexity index is 990. The molecule has 0 spiro atoms. The molecule has 3 aromatic rings. The first-order valence-electron chi connectivity index (χ1n) is 8.24. The Kier molecular flexibility index (Phi) is 3.72. The van der Waals surface area contributed by atoms with E-state index in [0.29, 0.717) is 12.8 Å². The van der Waals surface area contributed by atoms with Crippen molar-refractivity contribution >= 4 is 28.8 Å². The van der Waals surface area contributed by atoms with E-state index in [2.05, 4.69) is 15.6 Å². The average Bonchev–Trinajstić information content (AvgIpc) is 2.99. The van der Waals surface area contributed by atoms with Crippen molar-refractivity contribution in [2.75, 3.05) is 10.6 Å². The minimum absolute atomic E-state index is 0.0337. The number of carbonyl (C=O) groups excluding carboxylic acids is 2. The molecule has 3 heterocycles. The summed E-state index contributed by atoms with van der Waals surface area (Å²) < 4.78 is 1.93. The second-order valence-electron chi connectivity index (χ2n) is 6.30. The van der Waals surface area contributed by atoms with Gasteiger partial charge in [-0.2, -0.15) is 0 Å². The van der Waals surface area contributed by atoms with Crippen molar-refractivity contribution in [1.29, 1.82) is 0 Å². The number of amides is 2. The van der Waals surface area contributed by atoms with Crippen molar-refractivity contribution in [2.24, 2.45) is 0 Å². The lowest BCUT2D eigenvalue weighted by Gasteiger charge is -2.17. The molecule has 2 aromatic heterocycles. The molecular weight excluding hydrogens is 316 g/mol. The SMILES string of the molecule is Cc1cccn2cc(CC(=O)Nc3ccc4c(c3)CCC(=O)N4)nc12. The highest BCUT2D eigenvalue weighted by molar-refractivity contribution is 5.96. The van der Waals surface area contributed by atoms with Crippen LogP contribution in [0.4, 0.5) is 11.4 Å². The standard InChI is InChI=1S/C19H18N4O2/c1-12-3-2-8-23-11-15(21-19(12)23)10-18(25)20-14-5-6-16-13(9-14)4-7-17(24)22-16/h2-3,5-6,8-9,11H,4,7,10H2,1H3,(H,20,25)(H,22,24). The van der Waals surface area contributed by atoms with Gasteiger partial charge in [-0.05, 0) is 48.7 Å². The van der Waals surface area contributed by atoms with Gasteiger partial charge in [0.2, 0.25) is 11.8 Å². The summed E-state index contributed by atoms with van der Waals surface area (Å²) in [5.74, 6) is -0.0766. The molecule has 0 saturated heterocycles. The highest BCUT2D eigenvalue weighted by Crippen LogP contribution is 2.25. The van der Waals surface area contributed by atoms with Crippen LogP contribution >= 0.6 is 0 Å². The predicted octanol–water partition coefficient (Wildman–Crippen LogP) is 2.71. The molecule has 1 aliphatic rings. The Morgan fingerprint density at radius 2 is 2.20 bits per heavy atom. The number of fused-ring (bicyclic) bond motifs is 2. The number of hydrogen-bond donors (Lipinski definition) is 2. The summed E-state index contributed by atoms with van der Waals surface area (Å²) in [5.41, 5.74) is 5.28. The maximum atomic E-state index is 12.3. The molecule has 0 atom stereocenters. The number of aryl methyl sites for hydroxylation is 2. The normalized spacial score (nSPS) is 13.4. The van der Waals surface area contributed by atoms with Crippen LogP contribution in [0.25, 0.3) is 5.65 Å². The predicted molar refractivity (Wildman–Crippen MR) is 95.7 cm³/mol. The van der Waals surface area contributed by atoms with Crippen LogP contribution in [0.15, 0.2) is 42.7 Å². The van der Waals surface area contributed by atoms with Crippen LogP contribution in [0.3, 0.4) is 0 Å². The molecule has 0 fully saturated rings. The summed E-state index contributed by atoms with van der Waals surface area (Å²) in [5, 5.41) is 5.75. The molecular formula is C19H18N4O2. The molecule has 6 nitrogen and oxygen atoms in total. The minimum atomic E-state index is -0.110. The third-order valence-corrected chi connectivity index (χ3v) is 4.35. The molecule has 0 aliphatic carbocycles. The first-order valence-corrected chi connectivity index (χ1v) is 8.24. The van der Waals surface area contributed by atoms with Gasteiger partial charge in [-0.15, -0.1) is 0 Å². The number of pyridine rings is 1. The molecule has 126 valence electrons. The first-order chi connectivity index (χ1) is 12.1. The van der Waals surface area contributed by atoms with Gasteiger partial charge in [-0.1, -0.05) is 6.07 Å². The fourth-order valence-electron chi connectivity index (χ4n) is 3.12. The summed E-state index contributed by atoms with van der Waals surface area (Å²) in [6.45, 7) is 2.00. The van der Waals surface area contributed by atoms with Gasteiger partial charge >= 0.3 is 0 Å². The van der Waals surface area contributed by atoms with Gasteiger partial charge in [-0.25, -0.2) is 4.98 Å². The number of hydrogen-bond acceptors (Lipinski definition) is 3. The van der Waals surface area contributed by atoms with Gasteiger partial charge in [0.05, 0.1) is 12.1 Å². The van der Waals surface area contributed by atoms with E-state index in [1.807, 2.05) is 48.0 Å². The molecule has 1 aliphatic heterocycles. The van der Waals surface area contributed by atoms with Crippen LogP contribution in [-0.4, -0.2) is 21.2 Å². The number of nitrogens with one attached hydrogen (secondary N) is 2. The molecule has 2 amide bonds. The number of rotatable bonds is 3. The zero-order valence-electron chi connectivity index (χ0n) is 13.9. The quantitative estimate of drug-likeness (QED) is 0.773. The second-order valence-corrected chi connectivity index (χ2v) is 6.30. The van der Waals surface area contributed by atoms with Crippen LogP contribution in [0.2, 0.25) is 0 Å². The minimum Gasteiger partial charge on any atom is -0.326 e. The lowest BCUT2D eigenvalue weighted by molar-refractivity contribution is -0.117. The highest BCUT2D eigenvalue weighted by Gasteiger charge is 2.15. The van der Waals surface area contributed by atoms with Crippen molar-refractivity contribution < 1.29 is 9.59 Å². The molecule has 6 heteroatoms. The zero-order chi connectivity index (χ0) is 17.4. The van der Waals surface area contributed by atoms with Crippen molar-refractivity contribution in [3.8, 4) is 0 Å². The van der Waals surface area contributed by atoms with Gasteiger partial charge in [0.15, 0.2) is 0 Å². The van der Waals surface area contributed by atoms with Gasteiger partial charge in [0.25, 0.3) is 0 Å². The number of benzene rings is 1. The number of nitrogens with zero attached hydrogens (tertiary/aromatic N) is 2. The van der Waals surface area contributed by atoms with E-state index in [0.717, 1.165) is 33.8 Å². The molecule has 0 saturated carbocycles. The maximum absolute atomic E-state index is 12.3. The number of carbonyl (C=O) groups is 2. The Labute approximate surface area is 144 Å². The summed E-state index contributed by atoms with van der Waals surface area (Å²) in [7, 11) is 0. The number of aromatic nitrogens is 2. The molecule has 0 radical (unpaired) electrons. The van der Waals surface area contributed by atoms with Crippen LogP contribution in [-0.2, 0) is 22.4 Å². The largest absolute Gasteiger partial charge is 0.326 e. The van der Waals surface area contributed by atoms with Crippen molar-refractivity contribution in [1.82, 2.24) is 9.38 Å². The Morgan fingerprint density at radius 1 is 1.32 bits per heavy atom. The summed E-state index contributed by atoms with van der Waals surface area (Å²) in [4.78, 5) is 28.3. The highest BCUT2D eigenvalue weighted by atomic mass is 16.2. The van der Waals surface area contributed by atoms with Crippen molar-refractivity contribution in [2.45, 2.75) is 26.2 Å². The van der Waals surface area contributed by atoms with Gasteiger partial charge in [-0.3, -0.25) is 9.59 Å². The van der Waals surface area contributed by atoms with Crippen LogP contribution < -0.4 is 10.6 Å². The molecule has 2 N–H and O–H groups in total. The van der Waals surface area contributed by atoms with E-state index < -0.39 is 0 Å². The summed E-state index contributed by atoms with van der Waals surface area (Å²) in [6.07, 6.45) is 5.19. The Morgan fingerprint density at radius 3 is 3.04 bits per heavy atom. The molecule has 0 bridgehead atoms. The molecule has 4 rings (SSSR count). The molecule has 0 unspecified atom stereocenters. The smallest absolute Gasteiger partial charge is 0.230 e. The molecule has 25 heavy (non-hydrogen) atoms. The zero-order valence-corrected chi connectivity index (χ0v) is 13.9.